The molecule has 0 aliphatic carbocycles. The molecule has 1 aromatic carbocycles. The van der Waals surface area contributed by atoms with E-state index in [0.29, 0.717) is 49.2 Å². The van der Waals surface area contributed by atoms with Gasteiger partial charge in [0.05, 0.1) is 11.6 Å². The average Bonchev–Trinajstić information content (AvgIpc) is 3.47. The zero-order valence-corrected chi connectivity index (χ0v) is 26.7. The second-order valence-electron chi connectivity index (χ2n) is 12.6. The first-order valence-corrected chi connectivity index (χ1v) is 16.8. The van der Waals surface area contributed by atoms with E-state index >= 15 is 0 Å². The zero-order valence-electron chi connectivity index (χ0n) is 25.9. The zero-order chi connectivity index (χ0) is 32.5. The Morgan fingerprint density at radius 2 is 1.52 bits per heavy atom. The third-order valence-electron chi connectivity index (χ3n) is 9.32. The molecule has 2 aromatic heterocycles. The van der Waals surface area contributed by atoms with Gasteiger partial charge in [0.1, 0.15) is 11.4 Å². The van der Waals surface area contributed by atoms with Gasteiger partial charge in [0.2, 0.25) is 0 Å². The van der Waals surface area contributed by atoms with Crippen LogP contribution in [0.15, 0.2) is 85.2 Å². The Labute approximate surface area is 269 Å². The van der Waals surface area contributed by atoms with Crippen LogP contribution >= 0.6 is 0 Å². The van der Waals surface area contributed by atoms with Gasteiger partial charge < -0.3 is 5.32 Å². The number of allylic oxidation sites excluding steroid dienone is 1. The van der Waals surface area contributed by atoms with Gasteiger partial charge in [-0.25, -0.2) is 0 Å². The molecule has 3 saturated heterocycles. The minimum absolute atomic E-state index is 0.0444. The van der Waals surface area contributed by atoms with Crippen LogP contribution in [-0.2, 0) is 27.8 Å². The molecule has 5 heterocycles. The number of hydrogen-bond acceptors (Lipinski definition) is 8. The predicted octanol–water partition coefficient (Wildman–Crippen LogP) is 3.08. The second-order valence-corrected chi connectivity index (χ2v) is 14.7. The van der Waals surface area contributed by atoms with Crippen LogP contribution in [0, 0.1) is 17.2 Å². The minimum atomic E-state index is -3.56. The van der Waals surface area contributed by atoms with E-state index in [1.54, 1.807) is 72.4 Å². The Balaban J connectivity index is 1.35. The van der Waals surface area contributed by atoms with Crippen LogP contribution in [0.5, 0.6) is 0 Å². The van der Waals surface area contributed by atoms with Gasteiger partial charge in [-0.3, -0.25) is 24.5 Å². The number of piperidine rings is 1. The summed E-state index contributed by atoms with van der Waals surface area (Å²) < 4.78 is 29.2. The maximum atomic E-state index is 14.7. The van der Waals surface area contributed by atoms with Crippen LogP contribution in [0.3, 0.4) is 0 Å². The molecular weight excluding hydrogens is 602 g/mol. The number of nitrogens with one attached hydrogen (secondary N) is 1. The van der Waals surface area contributed by atoms with Crippen LogP contribution in [0.2, 0.25) is 0 Å². The quantitative estimate of drug-likeness (QED) is 0.264. The molecule has 12 heteroatoms. The van der Waals surface area contributed by atoms with E-state index in [9.17, 15) is 23.3 Å². The summed E-state index contributed by atoms with van der Waals surface area (Å²) in [5.41, 5.74) is 1.61. The van der Waals surface area contributed by atoms with Gasteiger partial charge >= 0.3 is 0 Å². The van der Waals surface area contributed by atoms with Crippen LogP contribution < -0.4 is 5.32 Å². The number of carbonyl (C=O) groups excluding carboxylic acids is 2. The number of nitrogens with zero attached hydrogens (tertiary/aromatic N) is 6. The molecule has 2 unspecified atom stereocenters. The van der Waals surface area contributed by atoms with E-state index in [1.165, 1.54) is 10.4 Å². The molecule has 1 amide bonds. The summed E-state index contributed by atoms with van der Waals surface area (Å²) in [6, 6.07) is 15.8. The number of benzene rings is 1. The smallest absolute Gasteiger partial charge is 0.281 e. The first-order chi connectivity index (χ1) is 22.1. The third kappa shape index (κ3) is 6.18. The molecular formula is C34H37N7O4S. The predicted molar refractivity (Wildman–Crippen MR) is 171 cm³/mol. The van der Waals surface area contributed by atoms with Crippen LogP contribution in [0.25, 0.3) is 0 Å². The molecule has 0 spiro atoms. The van der Waals surface area contributed by atoms with Gasteiger partial charge in [0.25, 0.3) is 16.1 Å². The molecule has 0 saturated carbocycles. The Morgan fingerprint density at radius 3 is 2.02 bits per heavy atom. The summed E-state index contributed by atoms with van der Waals surface area (Å²) in [6.07, 6.45) is 11.8. The fourth-order valence-electron chi connectivity index (χ4n) is 7.17. The highest BCUT2D eigenvalue weighted by molar-refractivity contribution is 7.86. The third-order valence-corrected chi connectivity index (χ3v) is 11.4. The molecule has 3 aliphatic rings. The molecule has 46 heavy (non-hydrogen) atoms. The number of aromatic nitrogens is 2. The normalized spacial score (nSPS) is 23.4. The molecule has 238 valence electrons. The lowest BCUT2D eigenvalue weighted by Gasteiger charge is -2.40. The number of rotatable bonds is 10. The first-order valence-electron chi connectivity index (χ1n) is 15.4. The Morgan fingerprint density at radius 1 is 0.978 bits per heavy atom. The lowest BCUT2D eigenvalue weighted by Crippen LogP contribution is -2.53. The molecule has 2 atom stereocenters. The maximum Gasteiger partial charge on any atom is 0.281 e. The maximum absolute atomic E-state index is 14.7. The highest BCUT2D eigenvalue weighted by Gasteiger charge is 2.52. The van der Waals surface area contributed by atoms with Crippen molar-refractivity contribution in [1.82, 2.24) is 28.8 Å². The highest BCUT2D eigenvalue weighted by Crippen LogP contribution is 2.42. The topological polar surface area (TPSA) is 140 Å². The number of carbonyl (C=O) groups is 2. The fourth-order valence-corrected chi connectivity index (χ4v) is 8.68. The van der Waals surface area contributed by atoms with Gasteiger partial charge in [-0.05, 0) is 91.3 Å². The van der Waals surface area contributed by atoms with E-state index in [2.05, 4.69) is 21.4 Å². The molecule has 1 N–H and O–H groups in total. The molecule has 11 nitrogen and oxygen atoms in total. The lowest BCUT2D eigenvalue weighted by atomic mass is 9.84. The van der Waals surface area contributed by atoms with E-state index in [1.807, 2.05) is 24.3 Å². The number of pyridine rings is 2. The van der Waals surface area contributed by atoms with Crippen molar-refractivity contribution in [2.75, 3.05) is 20.6 Å². The SMILES string of the molecule is CN(C)S(=O)(=O)N1C2CCC1CC(CN1C(=O)C(Cc3ccncc3)(Cc3ccncc3)N/C1=C\C(=O)c1ccc(C#N)cc1)C2. The average molecular weight is 640 g/mol. The molecule has 3 fully saturated rings. The second kappa shape index (κ2) is 12.7. The van der Waals surface area contributed by atoms with Crippen molar-refractivity contribution >= 4 is 21.9 Å². The van der Waals surface area contributed by atoms with Crippen molar-refractivity contribution in [2.24, 2.45) is 5.92 Å². The van der Waals surface area contributed by atoms with Gasteiger partial charge in [-0.15, -0.1) is 0 Å². The monoisotopic (exact) mass is 639 g/mol. The van der Waals surface area contributed by atoms with Crippen molar-refractivity contribution in [1.29, 1.82) is 5.26 Å². The molecule has 6 rings (SSSR count). The van der Waals surface area contributed by atoms with Crippen molar-refractivity contribution in [3.05, 3.63) is 107 Å². The van der Waals surface area contributed by atoms with Gasteiger partial charge in [-0.2, -0.15) is 22.3 Å². The standard InChI is InChI=1S/C34H37N7O4S/c1-39(2)46(44,45)41-29-7-8-30(41)18-27(17-29)23-40-32(19-31(42)28-5-3-26(22-35)4-6-28)38-34(33(40)43,20-24-9-13-36-14-10-24)21-25-11-15-37-16-12-25/h3-6,9-16,19,27,29-30,38H,7-8,17-18,20-21,23H2,1-2H3/b32-19+. The summed E-state index contributed by atoms with van der Waals surface area (Å²) >= 11 is 0. The van der Waals surface area contributed by atoms with E-state index in [-0.39, 0.29) is 29.7 Å². The molecule has 0 radical (unpaired) electrons. The molecule has 3 aromatic rings. The Bertz CT molecular complexity index is 1720. The minimum Gasteiger partial charge on any atom is -0.357 e. The summed E-state index contributed by atoms with van der Waals surface area (Å²) in [5.74, 6) is 0.0251. The number of fused-ring (bicyclic) bond motifs is 2. The fraction of sp³-hybridized carbons (Fsp3) is 0.382. The van der Waals surface area contributed by atoms with Gasteiger partial charge in [-0.1, -0.05) is 0 Å². The molecule has 3 aliphatic heterocycles. The largest absolute Gasteiger partial charge is 0.357 e. The van der Waals surface area contributed by atoms with Gasteiger partial charge in [0.15, 0.2) is 5.78 Å². The summed E-state index contributed by atoms with van der Waals surface area (Å²) in [4.78, 5) is 38.3. The lowest BCUT2D eigenvalue weighted by molar-refractivity contribution is -0.132. The van der Waals surface area contributed by atoms with Crippen LogP contribution in [0.4, 0.5) is 0 Å². The van der Waals surface area contributed by atoms with Crippen LogP contribution in [0.1, 0.15) is 52.7 Å². The summed E-state index contributed by atoms with van der Waals surface area (Å²) in [5, 5.41) is 12.7. The summed E-state index contributed by atoms with van der Waals surface area (Å²) in [6.45, 7) is 0.357. The van der Waals surface area contributed by atoms with Crippen molar-refractivity contribution in [3.8, 4) is 6.07 Å². The summed E-state index contributed by atoms with van der Waals surface area (Å²) in [7, 11) is -0.444. The number of ketones is 1. The van der Waals surface area contributed by atoms with Crippen LogP contribution in [-0.4, -0.2) is 81.8 Å². The Kier molecular flexibility index (Phi) is 8.74. The van der Waals surface area contributed by atoms with Crippen molar-refractivity contribution < 1.29 is 18.0 Å². The van der Waals surface area contributed by atoms with Crippen molar-refractivity contribution in [2.45, 2.75) is 56.1 Å². The highest BCUT2D eigenvalue weighted by atomic mass is 32.2. The number of amides is 1. The van der Waals surface area contributed by atoms with Gasteiger partial charge in [0, 0.05) is 82.0 Å². The molecule has 2 bridgehead atoms. The van der Waals surface area contributed by atoms with E-state index in [4.69, 9.17) is 0 Å². The van der Waals surface area contributed by atoms with E-state index in [0.717, 1.165) is 24.0 Å². The number of hydrogen-bond donors (Lipinski definition) is 1. The number of nitriles is 1. The Hall–Kier alpha value is -4.44. The van der Waals surface area contributed by atoms with E-state index < -0.39 is 15.7 Å². The van der Waals surface area contributed by atoms with Crippen molar-refractivity contribution in [3.63, 3.8) is 0 Å². The first kappa shape index (κ1) is 31.5.